The van der Waals surface area contributed by atoms with Crippen LogP contribution in [0.5, 0.6) is 5.75 Å². The Bertz CT molecular complexity index is 296. The first kappa shape index (κ1) is 6.22. The maximum atomic E-state index is 10.8. The van der Waals surface area contributed by atoms with Crippen molar-refractivity contribution < 1.29 is 9.53 Å². The highest BCUT2D eigenvalue weighted by atomic mass is 16.5. The second-order valence-electron chi connectivity index (χ2n) is 2.26. The van der Waals surface area contributed by atoms with E-state index in [1.54, 1.807) is 18.2 Å². The molecule has 0 unspecified atom stereocenters. The zero-order chi connectivity index (χ0) is 7.68. The van der Waals surface area contributed by atoms with Gasteiger partial charge in [-0.3, -0.25) is 4.79 Å². The van der Waals surface area contributed by atoms with Gasteiger partial charge in [-0.15, -0.1) is 0 Å². The Morgan fingerprint density at radius 3 is 3.45 bits per heavy atom. The van der Waals surface area contributed by atoms with Crippen LogP contribution < -0.4 is 10.1 Å². The van der Waals surface area contributed by atoms with Crippen LogP contribution in [0, 0.1) is 6.07 Å². The summed E-state index contributed by atoms with van der Waals surface area (Å²) in [5, 5.41) is 2.68. The summed E-state index contributed by atoms with van der Waals surface area (Å²) in [7, 11) is 0. The number of fused-ring (bicyclic) bond motifs is 1. The molecule has 1 radical (unpaired) electrons. The van der Waals surface area contributed by atoms with Gasteiger partial charge in [0.15, 0.2) is 6.61 Å². The fourth-order valence-corrected chi connectivity index (χ4v) is 0.967. The van der Waals surface area contributed by atoms with E-state index < -0.39 is 0 Å². The quantitative estimate of drug-likeness (QED) is 0.591. The Morgan fingerprint density at radius 2 is 2.55 bits per heavy atom. The van der Waals surface area contributed by atoms with E-state index in [2.05, 4.69) is 11.4 Å². The minimum atomic E-state index is -0.108. The smallest absolute Gasteiger partial charge is 0.262 e. The number of carbonyl (C=O) groups excluding carboxylic acids is 1. The summed E-state index contributed by atoms with van der Waals surface area (Å²) in [6, 6.07) is 8.05. The summed E-state index contributed by atoms with van der Waals surface area (Å²) < 4.78 is 5.09. The molecule has 55 valence electrons. The molecule has 0 saturated carbocycles. The van der Waals surface area contributed by atoms with Crippen LogP contribution in [0.2, 0.25) is 0 Å². The predicted octanol–water partition coefficient (Wildman–Crippen LogP) is 0.818. The van der Waals surface area contributed by atoms with Gasteiger partial charge in [-0.1, -0.05) is 6.07 Å². The van der Waals surface area contributed by atoms with Gasteiger partial charge in [0, 0.05) is 0 Å². The number of carbonyl (C=O) groups is 1. The molecule has 0 atom stereocenters. The van der Waals surface area contributed by atoms with Gasteiger partial charge in [0.05, 0.1) is 5.69 Å². The first-order valence-corrected chi connectivity index (χ1v) is 3.29. The molecule has 1 amide bonds. The summed E-state index contributed by atoms with van der Waals surface area (Å²) in [5.41, 5.74) is 0.722. The second kappa shape index (κ2) is 2.27. The molecule has 3 nitrogen and oxygen atoms in total. The number of hydrogen-bond donors (Lipinski definition) is 1. The summed E-state index contributed by atoms with van der Waals surface area (Å²) in [6.07, 6.45) is 0. The third kappa shape index (κ3) is 1.05. The Morgan fingerprint density at radius 1 is 1.64 bits per heavy atom. The van der Waals surface area contributed by atoms with Gasteiger partial charge in [0.2, 0.25) is 0 Å². The molecule has 0 aromatic heterocycles. The van der Waals surface area contributed by atoms with Crippen molar-refractivity contribution >= 4 is 11.6 Å². The first-order chi connectivity index (χ1) is 5.36. The Hall–Kier alpha value is -1.51. The van der Waals surface area contributed by atoms with Gasteiger partial charge in [0.1, 0.15) is 5.75 Å². The Balaban J connectivity index is 2.41. The molecule has 1 heterocycles. The van der Waals surface area contributed by atoms with Crippen molar-refractivity contribution in [1.82, 2.24) is 0 Å². The molecule has 11 heavy (non-hydrogen) atoms. The molecule has 1 aromatic rings. The maximum absolute atomic E-state index is 10.8. The highest BCUT2D eigenvalue weighted by Gasteiger charge is 2.13. The van der Waals surface area contributed by atoms with E-state index >= 15 is 0 Å². The highest BCUT2D eigenvalue weighted by Crippen LogP contribution is 2.25. The lowest BCUT2D eigenvalue weighted by atomic mass is 10.2. The van der Waals surface area contributed by atoms with Gasteiger partial charge in [0.25, 0.3) is 5.91 Å². The van der Waals surface area contributed by atoms with Crippen molar-refractivity contribution in [3.63, 3.8) is 0 Å². The fourth-order valence-electron chi connectivity index (χ4n) is 0.967. The number of anilines is 1. The molecule has 0 bridgehead atoms. The zero-order valence-corrected chi connectivity index (χ0v) is 5.76. The van der Waals surface area contributed by atoms with Gasteiger partial charge < -0.3 is 10.1 Å². The van der Waals surface area contributed by atoms with E-state index in [-0.39, 0.29) is 12.5 Å². The number of rotatable bonds is 0. The Labute approximate surface area is 64.0 Å². The molecule has 0 spiro atoms. The second-order valence-corrected chi connectivity index (χ2v) is 2.26. The van der Waals surface area contributed by atoms with Gasteiger partial charge in [-0.05, 0) is 18.2 Å². The summed E-state index contributed by atoms with van der Waals surface area (Å²) >= 11 is 0. The monoisotopic (exact) mass is 148 g/mol. The average molecular weight is 148 g/mol. The number of amides is 1. The minimum absolute atomic E-state index is 0.102. The molecule has 0 saturated heterocycles. The van der Waals surface area contributed by atoms with Crippen molar-refractivity contribution in [2.75, 3.05) is 11.9 Å². The first-order valence-electron chi connectivity index (χ1n) is 3.29. The number of nitrogens with one attached hydrogen (secondary N) is 1. The van der Waals surface area contributed by atoms with E-state index in [0.717, 1.165) is 5.69 Å². The standard InChI is InChI=1S/C8H6NO2/c10-8-5-11-7-4-2-1-3-6(7)9-8/h1,3-4H,5H2,(H,9,10). The van der Waals surface area contributed by atoms with Crippen molar-refractivity contribution in [3.05, 3.63) is 24.3 Å². The van der Waals surface area contributed by atoms with Crippen LogP contribution >= 0.6 is 0 Å². The molecular weight excluding hydrogens is 142 g/mol. The third-order valence-corrected chi connectivity index (χ3v) is 1.46. The van der Waals surface area contributed by atoms with Crippen LogP contribution in [-0.2, 0) is 4.79 Å². The zero-order valence-electron chi connectivity index (χ0n) is 5.76. The molecule has 0 fully saturated rings. The third-order valence-electron chi connectivity index (χ3n) is 1.46. The SMILES string of the molecule is O=C1COc2c[c]ccc2N1. The van der Waals surface area contributed by atoms with Crippen LogP contribution in [0.4, 0.5) is 5.69 Å². The van der Waals surface area contributed by atoms with Crippen molar-refractivity contribution in [3.8, 4) is 5.75 Å². The molecule has 3 heteroatoms. The lowest BCUT2D eigenvalue weighted by Gasteiger charge is -2.16. The number of ether oxygens (including phenoxy) is 1. The van der Waals surface area contributed by atoms with Crippen molar-refractivity contribution in [2.45, 2.75) is 0 Å². The van der Waals surface area contributed by atoms with Crippen LogP contribution in [0.1, 0.15) is 0 Å². The summed E-state index contributed by atoms with van der Waals surface area (Å²) in [4.78, 5) is 10.8. The van der Waals surface area contributed by atoms with Gasteiger partial charge >= 0.3 is 0 Å². The predicted molar refractivity (Wildman–Crippen MR) is 39.4 cm³/mol. The van der Waals surface area contributed by atoms with Gasteiger partial charge in [-0.2, -0.15) is 0 Å². The number of benzene rings is 1. The van der Waals surface area contributed by atoms with Crippen LogP contribution in [0.15, 0.2) is 18.2 Å². The van der Waals surface area contributed by atoms with E-state index in [1.165, 1.54) is 0 Å². The van der Waals surface area contributed by atoms with E-state index in [4.69, 9.17) is 4.74 Å². The molecule has 1 aliphatic heterocycles. The normalized spacial score (nSPS) is 14.7. The lowest BCUT2D eigenvalue weighted by molar-refractivity contribution is -0.118. The lowest BCUT2D eigenvalue weighted by Crippen LogP contribution is -2.25. The van der Waals surface area contributed by atoms with E-state index in [1.807, 2.05) is 0 Å². The van der Waals surface area contributed by atoms with Gasteiger partial charge in [-0.25, -0.2) is 0 Å². The fraction of sp³-hybridized carbons (Fsp3) is 0.125. The Kier molecular flexibility index (Phi) is 1.28. The average Bonchev–Trinajstić information content (AvgIpc) is 2.04. The molecule has 1 aliphatic rings. The summed E-state index contributed by atoms with van der Waals surface area (Å²) in [5.74, 6) is 0.579. The largest absolute Gasteiger partial charge is 0.482 e. The highest BCUT2D eigenvalue weighted by molar-refractivity contribution is 5.95. The van der Waals surface area contributed by atoms with Crippen LogP contribution in [0.25, 0.3) is 0 Å². The number of hydrogen-bond acceptors (Lipinski definition) is 2. The minimum Gasteiger partial charge on any atom is -0.482 e. The van der Waals surface area contributed by atoms with Crippen LogP contribution in [-0.4, -0.2) is 12.5 Å². The molecule has 1 aromatic carbocycles. The topological polar surface area (TPSA) is 38.3 Å². The van der Waals surface area contributed by atoms with E-state index in [9.17, 15) is 4.79 Å². The molecule has 0 aliphatic carbocycles. The maximum Gasteiger partial charge on any atom is 0.262 e. The molecular formula is C8H6NO2. The molecule has 1 N–H and O–H groups in total. The van der Waals surface area contributed by atoms with E-state index in [0.29, 0.717) is 5.75 Å². The van der Waals surface area contributed by atoms with Crippen LogP contribution in [0.3, 0.4) is 0 Å². The summed E-state index contributed by atoms with van der Waals surface area (Å²) in [6.45, 7) is 0.102. The van der Waals surface area contributed by atoms with Crippen molar-refractivity contribution in [1.29, 1.82) is 0 Å². The van der Waals surface area contributed by atoms with Crippen molar-refractivity contribution in [2.24, 2.45) is 0 Å². The molecule has 2 rings (SSSR count).